The monoisotopic (exact) mass is 318 g/mol. The van der Waals surface area contributed by atoms with Crippen LogP contribution in [0.5, 0.6) is 0 Å². The standard InChI is InChI=1S/C16H22N4O3/c1-19(10-11-5-4-6-12(9-11)20(22)23)16(21)15-13-7-2-3-8-14(13)17-18-15/h4-6,9,13-15,17-18H,2-3,7-8,10H2,1H3. The van der Waals surface area contributed by atoms with Crippen LogP contribution in [0, 0.1) is 16.0 Å². The van der Waals surface area contributed by atoms with E-state index in [1.165, 1.54) is 25.0 Å². The number of likely N-dealkylation sites (N-methyl/N-ethyl adjacent to an activating group) is 1. The summed E-state index contributed by atoms with van der Waals surface area (Å²) >= 11 is 0. The van der Waals surface area contributed by atoms with Crippen LogP contribution in [0.25, 0.3) is 0 Å². The largest absolute Gasteiger partial charge is 0.340 e. The molecule has 0 bridgehead atoms. The fourth-order valence-corrected chi connectivity index (χ4v) is 3.64. The van der Waals surface area contributed by atoms with Crippen LogP contribution in [-0.2, 0) is 11.3 Å². The van der Waals surface area contributed by atoms with Gasteiger partial charge in [0.15, 0.2) is 0 Å². The lowest BCUT2D eigenvalue weighted by Crippen LogP contribution is -2.46. The van der Waals surface area contributed by atoms with Gasteiger partial charge in [0.25, 0.3) is 5.69 Å². The summed E-state index contributed by atoms with van der Waals surface area (Å²) in [5, 5.41) is 10.8. The zero-order valence-corrected chi connectivity index (χ0v) is 13.2. The van der Waals surface area contributed by atoms with Crippen molar-refractivity contribution >= 4 is 11.6 Å². The molecular formula is C16H22N4O3. The molecule has 1 saturated heterocycles. The van der Waals surface area contributed by atoms with E-state index in [4.69, 9.17) is 0 Å². The van der Waals surface area contributed by atoms with E-state index in [2.05, 4.69) is 10.9 Å². The van der Waals surface area contributed by atoms with Crippen LogP contribution in [-0.4, -0.2) is 34.9 Å². The Morgan fingerprint density at radius 1 is 1.35 bits per heavy atom. The Morgan fingerprint density at radius 3 is 2.91 bits per heavy atom. The number of hydrogen-bond acceptors (Lipinski definition) is 5. The molecule has 124 valence electrons. The van der Waals surface area contributed by atoms with Crippen molar-refractivity contribution in [3.63, 3.8) is 0 Å². The number of benzene rings is 1. The number of fused-ring (bicyclic) bond motifs is 1. The Morgan fingerprint density at radius 2 is 2.13 bits per heavy atom. The molecule has 0 aromatic heterocycles. The second-order valence-corrected chi connectivity index (χ2v) is 6.44. The molecule has 3 rings (SSSR count). The van der Waals surface area contributed by atoms with Crippen molar-refractivity contribution < 1.29 is 9.72 Å². The highest BCUT2D eigenvalue weighted by atomic mass is 16.6. The van der Waals surface area contributed by atoms with Crippen LogP contribution in [0.1, 0.15) is 31.2 Å². The first-order chi connectivity index (χ1) is 11.1. The van der Waals surface area contributed by atoms with Gasteiger partial charge in [0.05, 0.1) is 4.92 Å². The average Bonchev–Trinajstić information content (AvgIpc) is 2.98. The predicted octanol–water partition coefficient (Wildman–Crippen LogP) is 1.59. The lowest BCUT2D eigenvalue weighted by Gasteiger charge is -2.29. The first-order valence-corrected chi connectivity index (χ1v) is 8.05. The maximum atomic E-state index is 12.7. The molecule has 1 amide bonds. The van der Waals surface area contributed by atoms with Gasteiger partial charge in [-0.1, -0.05) is 25.0 Å². The van der Waals surface area contributed by atoms with Crippen LogP contribution in [0.2, 0.25) is 0 Å². The molecular weight excluding hydrogens is 296 g/mol. The van der Waals surface area contributed by atoms with E-state index < -0.39 is 4.92 Å². The highest BCUT2D eigenvalue weighted by Crippen LogP contribution is 2.30. The average molecular weight is 318 g/mol. The number of nitrogens with one attached hydrogen (secondary N) is 2. The fraction of sp³-hybridized carbons (Fsp3) is 0.562. The third-order valence-electron chi connectivity index (χ3n) is 4.86. The van der Waals surface area contributed by atoms with Crippen molar-refractivity contribution in [3.8, 4) is 0 Å². The molecule has 2 aliphatic rings. The van der Waals surface area contributed by atoms with Gasteiger partial charge in [-0.25, -0.2) is 5.43 Å². The van der Waals surface area contributed by atoms with Crippen LogP contribution in [0.4, 0.5) is 5.69 Å². The number of hydrogen-bond donors (Lipinski definition) is 2. The Balaban J connectivity index is 1.66. The second kappa shape index (κ2) is 6.64. The van der Waals surface area contributed by atoms with Crippen molar-refractivity contribution in [1.29, 1.82) is 0 Å². The second-order valence-electron chi connectivity index (χ2n) is 6.44. The molecule has 1 aliphatic heterocycles. The van der Waals surface area contributed by atoms with Crippen LogP contribution in [0.3, 0.4) is 0 Å². The van der Waals surface area contributed by atoms with E-state index in [9.17, 15) is 14.9 Å². The highest BCUT2D eigenvalue weighted by molar-refractivity contribution is 5.82. The van der Waals surface area contributed by atoms with Crippen molar-refractivity contribution in [2.45, 2.75) is 44.3 Å². The molecule has 0 radical (unpaired) electrons. The first kappa shape index (κ1) is 15.9. The Kier molecular flexibility index (Phi) is 4.58. The predicted molar refractivity (Wildman–Crippen MR) is 85.4 cm³/mol. The topological polar surface area (TPSA) is 87.5 Å². The van der Waals surface area contributed by atoms with E-state index in [1.807, 2.05) is 0 Å². The Hall–Kier alpha value is -1.99. The number of rotatable bonds is 4. The molecule has 3 atom stereocenters. The van der Waals surface area contributed by atoms with E-state index in [-0.39, 0.29) is 17.6 Å². The smallest absolute Gasteiger partial charge is 0.269 e. The number of non-ortho nitro benzene ring substituents is 1. The lowest BCUT2D eigenvalue weighted by atomic mass is 9.81. The van der Waals surface area contributed by atoms with Crippen LogP contribution >= 0.6 is 0 Å². The first-order valence-electron chi connectivity index (χ1n) is 8.05. The summed E-state index contributed by atoms with van der Waals surface area (Å²) in [7, 11) is 1.75. The molecule has 0 spiro atoms. The molecule has 1 aromatic carbocycles. The number of amides is 1. The molecule has 7 heteroatoms. The summed E-state index contributed by atoms with van der Waals surface area (Å²) < 4.78 is 0. The van der Waals surface area contributed by atoms with E-state index >= 15 is 0 Å². The van der Waals surface area contributed by atoms with Crippen molar-refractivity contribution in [2.75, 3.05) is 7.05 Å². The SMILES string of the molecule is CN(Cc1cccc([N+](=O)[O-])c1)C(=O)C1NNC2CCCCC21. The molecule has 1 heterocycles. The van der Waals surface area contributed by atoms with Gasteiger partial charge >= 0.3 is 0 Å². The van der Waals surface area contributed by atoms with E-state index in [0.29, 0.717) is 18.5 Å². The number of nitro benzene ring substituents is 1. The lowest BCUT2D eigenvalue weighted by molar-refractivity contribution is -0.384. The van der Waals surface area contributed by atoms with Gasteiger partial charge < -0.3 is 4.90 Å². The van der Waals surface area contributed by atoms with Crippen molar-refractivity contribution in [2.24, 2.45) is 5.92 Å². The van der Waals surface area contributed by atoms with Gasteiger partial charge in [0.1, 0.15) is 6.04 Å². The summed E-state index contributed by atoms with van der Waals surface area (Å²) in [6.45, 7) is 0.371. The third kappa shape index (κ3) is 3.35. The molecule has 3 unspecified atom stereocenters. The molecule has 1 saturated carbocycles. The fourth-order valence-electron chi connectivity index (χ4n) is 3.64. The summed E-state index contributed by atoms with van der Waals surface area (Å²) in [6, 6.07) is 6.61. The van der Waals surface area contributed by atoms with E-state index in [0.717, 1.165) is 18.4 Å². The van der Waals surface area contributed by atoms with Gasteiger partial charge in [-0.2, -0.15) is 0 Å². The van der Waals surface area contributed by atoms with Gasteiger partial charge in [0.2, 0.25) is 5.91 Å². The number of carbonyl (C=O) groups is 1. The van der Waals surface area contributed by atoms with Gasteiger partial charge in [-0.3, -0.25) is 20.3 Å². The maximum Gasteiger partial charge on any atom is 0.269 e. The van der Waals surface area contributed by atoms with Crippen LogP contribution in [0.15, 0.2) is 24.3 Å². The summed E-state index contributed by atoms with van der Waals surface area (Å²) in [5.41, 5.74) is 7.21. The highest BCUT2D eigenvalue weighted by Gasteiger charge is 2.41. The van der Waals surface area contributed by atoms with Crippen molar-refractivity contribution in [1.82, 2.24) is 15.8 Å². The minimum Gasteiger partial charge on any atom is -0.340 e. The number of nitrogens with zero attached hydrogens (tertiary/aromatic N) is 2. The molecule has 23 heavy (non-hydrogen) atoms. The molecule has 2 N–H and O–H groups in total. The van der Waals surface area contributed by atoms with E-state index in [1.54, 1.807) is 24.1 Å². The summed E-state index contributed by atoms with van der Waals surface area (Å²) in [5.74, 6) is 0.377. The molecule has 1 aliphatic carbocycles. The Labute approximate surface area is 135 Å². The number of carbonyl (C=O) groups excluding carboxylic acids is 1. The molecule has 7 nitrogen and oxygen atoms in total. The minimum atomic E-state index is -0.416. The molecule has 1 aromatic rings. The zero-order valence-electron chi connectivity index (χ0n) is 13.2. The van der Waals surface area contributed by atoms with Gasteiger partial charge in [-0.15, -0.1) is 0 Å². The number of hydrazine groups is 1. The Bertz CT molecular complexity index is 607. The van der Waals surface area contributed by atoms with Crippen molar-refractivity contribution in [3.05, 3.63) is 39.9 Å². The number of nitro groups is 1. The minimum absolute atomic E-state index is 0.0402. The molecule has 2 fully saturated rings. The normalized spacial score (nSPS) is 26.6. The summed E-state index contributed by atoms with van der Waals surface area (Å²) in [6.07, 6.45) is 4.55. The van der Waals surface area contributed by atoms with Gasteiger partial charge in [-0.05, 0) is 18.4 Å². The van der Waals surface area contributed by atoms with Crippen LogP contribution < -0.4 is 10.9 Å². The maximum absolute atomic E-state index is 12.7. The van der Waals surface area contributed by atoms with Gasteiger partial charge in [0, 0.05) is 37.7 Å². The zero-order chi connectivity index (χ0) is 16.4. The quantitative estimate of drug-likeness (QED) is 0.650. The third-order valence-corrected chi connectivity index (χ3v) is 4.86. The summed E-state index contributed by atoms with van der Waals surface area (Å²) in [4.78, 5) is 24.8.